The molecule has 2 saturated carbocycles. The van der Waals surface area contributed by atoms with Crippen molar-refractivity contribution in [1.29, 1.82) is 0 Å². The molecule has 14 heavy (non-hydrogen) atoms. The van der Waals surface area contributed by atoms with E-state index in [1.165, 1.54) is 0 Å². The van der Waals surface area contributed by atoms with E-state index in [4.69, 9.17) is 9.84 Å². The van der Waals surface area contributed by atoms with Gasteiger partial charge < -0.3 is 9.84 Å². The van der Waals surface area contributed by atoms with E-state index in [0.717, 1.165) is 12.8 Å². The average molecular weight is 198 g/mol. The number of carboxylic acids is 1. The highest BCUT2D eigenvalue weighted by Crippen LogP contribution is 2.58. The monoisotopic (exact) mass is 198 g/mol. The minimum atomic E-state index is -0.844. The van der Waals surface area contributed by atoms with E-state index in [1.54, 1.807) is 6.92 Å². The summed E-state index contributed by atoms with van der Waals surface area (Å²) in [7, 11) is 0. The normalized spacial score (nSPS) is 38.9. The van der Waals surface area contributed by atoms with Crippen LogP contribution in [0.1, 0.15) is 19.8 Å². The third-order valence-electron chi connectivity index (χ3n) is 3.54. The van der Waals surface area contributed by atoms with Gasteiger partial charge in [0.15, 0.2) is 0 Å². The van der Waals surface area contributed by atoms with E-state index < -0.39 is 11.9 Å². The van der Waals surface area contributed by atoms with Crippen molar-refractivity contribution in [1.82, 2.24) is 0 Å². The number of aliphatic carboxylic acids is 1. The Labute approximate surface area is 82.2 Å². The average Bonchev–Trinajstić information content (AvgIpc) is 2.08. The Hall–Kier alpha value is -1.06. The maximum absolute atomic E-state index is 11.4. The summed E-state index contributed by atoms with van der Waals surface area (Å²) in [6.07, 6.45) is 1.94. The number of carbonyl (C=O) groups is 2. The van der Waals surface area contributed by atoms with Gasteiger partial charge in [0.05, 0.1) is 18.4 Å². The van der Waals surface area contributed by atoms with Crippen molar-refractivity contribution in [3.05, 3.63) is 0 Å². The fourth-order valence-corrected chi connectivity index (χ4v) is 2.73. The Morgan fingerprint density at radius 3 is 2.29 bits per heavy atom. The van der Waals surface area contributed by atoms with Crippen LogP contribution in [-0.4, -0.2) is 23.7 Å². The smallest absolute Gasteiger partial charge is 0.310 e. The third-order valence-corrected chi connectivity index (χ3v) is 3.54. The molecule has 2 fully saturated rings. The Morgan fingerprint density at radius 2 is 1.86 bits per heavy atom. The summed E-state index contributed by atoms with van der Waals surface area (Å²) in [5, 5.41) is 8.94. The van der Waals surface area contributed by atoms with Crippen molar-refractivity contribution in [2.24, 2.45) is 23.7 Å². The van der Waals surface area contributed by atoms with Crippen LogP contribution >= 0.6 is 0 Å². The predicted octanol–water partition coefficient (Wildman–Crippen LogP) is 0.906. The van der Waals surface area contributed by atoms with Gasteiger partial charge in [-0.1, -0.05) is 0 Å². The Balaban J connectivity index is 2.03. The molecule has 4 nitrogen and oxygen atoms in total. The molecule has 2 aliphatic rings. The van der Waals surface area contributed by atoms with Crippen molar-refractivity contribution in [2.75, 3.05) is 6.61 Å². The minimum absolute atomic E-state index is 0.238. The van der Waals surface area contributed by atoms with Gasteiger partial charge in [0.1, 0.15) is 0 Å². The van der Waals surface area contributed by atoms with Crippen LogP contribution in [0.4, 0.5) is 0 Å². The first-order valence-electron chi connectivity index (χ1n) is 5.06. The highest BCUT2D eigenvalue weighted by Gasteiger charge is 2.61. The van der Waals surface area contributed by atoms with Gasteiger partial charge in [-0.2, -0.15) is 0 Å². The van der Waals surface area contributed by atoms with Gasteiger partial charge in [-0.15, -0.1) is 0 Å². The zero-order valence-corrected chi connectivity index (χ0v) is 8.10. The number of hydrogen-bond donors (Lipinski definition) is 1. The molecule has 0 spiro atoms. The molecule has 0 heterocycles. The molecule has 2 aliphatic carbocycles. The van der Waals surface area contributed by atoms with Crippen LogP contribution in [-0.2, 0) is 14.3 Å². The molecular weight excluding hydrogens is 184 g/mol. The summed E-state index contributed by atoms with van der Waals surface area (Å²) in [6, 6.07) is 0. The number of carbonyl (C=O) groups excluding carboxylic acids is 1. The van der Waals surface area contributed by atoms with Crippen LogP contribution in [0.5, 0.6) is 0 Å². The van der Waals surface area contributed by atoms with Crippen LogP contribution in [0.3, 0.4) is 0 Å². The molecule has 4 heteroatoms. The summed E-state index contributed by atoms with van der Waals surface area (Å²) < 4.78 is 4.88. The van der Waals surface area contributed by atoms with Crippen molar-refractivity contribution in [3.63, 3.8) is 0 Å². The standard InChI is InChI=1S/C10H14O4/c1-2-14-10(13)8-6-4-3-5(6)7(8)9(11)12/h5-8H,2-4H2,1H3,(H,11,12)/t5-,6?,7+,8+/m0/s1. The van der Waals surface area contributed by atoms with Crippen molar-refractivity contribution >= 4 is 11.9 Å². The van der Waals surface area contributed by atoms with Crippen molar-refractivity contribution in [2.45, 2.75) is 19.8 Å². The second kappa shape index (κ2) is 3.26. The first-order chi connectivity index (χ1) is 6.66. The number of ether oxygens (including phenoxy) is 1. The van der Waals surface area contributed by atoms with Crippen LogP contribution in [0.15, 0.2) is 0 Å². The lowest BCUT2D eigenvalue weighted by Gasteiger charge is -2.55. The van der Waals surface area contributed by atoms with Gasteiger partial charge >= 0.3 is 11.9 Å². The number of hydrogen-bond acceptors (Lipinski definition) is 3. The zero-order valence-electron chi connectivity index (χ0n) is 8.10. The van der Waals surface area contributed by atoms with E-state index in [0.29, 0.717) is 6.61 Å². The molecule has 4 atom stereocenters. The molecular formula is C10H14O4. The maximum atomic E-state index is 11.4. The number of carboxylic acid groups (broad SMARTS) is 1. The molecule has 0 saturated heterocycles. The van der Waals surface area contributed by atoms with Crippen LogP contribution in [0, 0.1) is 23.7 Å². The Kier molecular flexibility index (Phi) is 2.21. The predicted molar refractivity (Wildman–Crippen MR) is 47.5 cm³/mol. The largest absolute Gasteiger partial charge is 0.481 e. The molecule has 1 N–H and O–H groups in total. The first-order valence-corrected chi connectivity index (χ1v) is 5.06. The lowest BCUT2D eigenvalue weighted by molar-refractivity contribution is -0.191. The van der Waals surface area contributed by atoms with Gasteiger partial charge in [-0.25, -0.2) is 0 Å². The molecule has 0 aromatic carbocycles. The molecule has 0 aliphatic heterocycles. The summed E-state index contributed by atoms with van der Waals surface area (Å²) >= 11 is 0. The van der Waals surface area contributed by atoms with E-state index in [2.05, 4.69) is 0 Å². The van der Waals surface area contributed by atoms with Crippen LogP contribution in [0.25, 0.3) is 0 Å². The maximum Gasteiger partial charge on any atom is 0.310 e. The molecule has 0 radical (unpaired) electrons. The second-order valence-corrected chi connectivity index (χ2v) is 4.05. The van der Waals surface area contributed by atoms with Crippen LogP contribution < -0.4 is 0 Å². The summed E-state index contributed by atoms with van der Waals surface area (Å²) in [4.78, 5) is 22.3. The number of fused-ring (bicyclic) bond motifs is 1. The highest BCUT2D eigenvalue weighted by molar-refractivity contribution is 5.84. The molecule has 0 amide bonds. The third kappa shape index (κ3) is 1.13. The molecule has 78 valence electrons. The lowest BCUT2D eigenvalue weighted by Crippen LogP contribution is -2.59. The molecule has 2 rings (SSSR count). The molecule has 0 bridgehead atoms. The first kappa shape index (κ1) is 9.49. The molecule has 0 aromatic heterocycles. The Bertz CT molecular complexity index is 273. The van der Waals surface area contributed by atoms with E-state index in [9.17, 15) is 9.59 Å². The van der Waals surface area contributed by atoms with E-state index >= 15 is 0 Å². The molecule has 1 unspecified atom stereocenters. The SMILES string of the molecule is CCOC(=O)[C@@H]1C2CC[C@@H]2[C@H]1C(=O)O. The fraction of sp³-hybridized carbons (Fsp3) is 0.800. The fourth-order valence-electron chi connectivity index (χ4n) is 2.73. The van der Waals surface area contributed by atoms with E-state index in [-0.39, 0.29) is 23.7 Å². The van der Waals surface area contributed by atoms with Gasteiger partial charge in [0.25, 0.3) is 0 Å². The quantitative estimate of drug-likeness (QED) is 0.684. The van der Waals surface area contributed by atoms with Gasteiger partial charge in [0.2, 0.25) is 0 Å². The van der Waals surface area contributed by atoms with Crippen molar-refractivity contribution < 1.29 is 19.4 Å². The zero-order chi connectivity index (χ0) is 10.3. The van der Waals surface area contributed by atoms with Crippen molar-refractivity contribution in [3.8, 4) is 0 Å². The van der Waals surface area contributed by atoms with E-state index in [1.807, 2.05) is 0 Å². The number of rotatable bonds is 3. The van der Waals surface area contributed by atoms with Gasteiger partial charge in [0, 0.05) is 0 Å². The van der Waals surface area contributed by atoms with Gasteiger partial charge in [-0.05, 0) is 31.6 Å². The Morgan fingerprint density at radius 1 is 1.29 bits per heavy atom. The molecule has 0 aromatic rings. The lowest BCUT2D eigenvalue weighted by atomic mass is 9.47. The van der Waals surface area contributed by atoms with Crippen LogP contribution in [0.2, 0.25) is 0 Å². The summed E-state index contributed by atoms with van der Waals surface area (Å²) in [6.45, 7) is 2.07. The second-order valence-electron chi connectivity index (χ2n) is 4.05. The number of esters is 1. The summed E-state index contributed by atoms with van der Waals surface area (Å²) in [5.41, 5.74) is 0. The minimum Gasteiger partial charge on any atom is -0.481 e. The summed E-state index contributed by atoms with van der Waals surface area (Å²) in [5.74, 6) is -1.49. The van der Waals surface area contributed by atoms with Gasteiger partial charge in [-0.3, -0.25) is 9.59 Å². The highest BCUT2D eigenvalue weighted by atomic mass is 16.5. The topological polar surface area (TPSA) is 63.6 Å².